The second-order valence-electron chi connectivity index (χ2n) is 5.12. The molecule has 0 spiro atoms. The number of carbonyl (C=O) groups excluding carboxylic acids is 1. The summed E-state index contributed by atoms with van der Waals surface area (Å²) >= 11 is 0. The maximum atomic E-state index is 11.7. The van der Waals surface area contributed by atoms with Gasteiger partial charge in [0.1, 0.15) is 6.54 Å². The number of nitrogens with one attached hydrogen (secondary N) is 2. The van der Waals surface area contributed by atoms with Crippen LogP contribution >= 0.6 is 0 Å². The van der Waals surface area contributed by atoms with E-state index < -0.39 is 0 Å². The van der Waals surface area contributed by atoms with Crippen molar-refractivity contribution in [3.8, 4) is 0 Å². The first-order chi connectivity index (χ1) is 9.70. The molecule has 1 fully saturated rings. The summed E-state index contributed by atoms with van der Waals surface area (Å²) in [6.07, 6.45) is 9.34. The molecule has 0 unspecified atom stereocenters. The molecule has 3 rings (SSSR count). The highest BCUT2D eigenvalue weighted by Crippen LogP contribution is 2.18. The van der Waals surface area contributed by atoms with Gasteiger partial charge in [0, 0.05) is 25.5 Å². The quantitative estimate of drug-likeness (QED) is 0.804. The largest absolute Gasteiger partial charge is 0.377 e. The lowest BCUT2D eigenvalue weighted by Crippen LogP contribution is -2.29. The maximum Gasteiger partial charge on any atom is 0.241 e. The Hall–Kier alpha value is -2.31. The van der Waals surface area contributed by atoms with Crippen LogP contribution in [0.1, 0.15) is 18.5 Å². The van der Waals surface area contributed by atoms with Gasteiger partial charge in [0.05, 0.1) is 30.5 Å². The van der Waals surface area contributed by atoms with Crippen LogP contribution < -0.4 is 10.6 Å². The maximum absolute atomic E-state index is 11.7. The minimum absolute atomic E-state index is 0.0220. The minimum atomic E-state index is 0.0220. The molecule has 1 aliphatic rings. The van der Waals surface area contributed by atoms with E-state index in [4.69, 9.17) is 0 Å². The molecular formula is C13H18N6O. The molecule has 0 radical (unpaired) electrons. The molecule has 0 atom stereocenters. The Morgan fingerprint density at radius 3 is 3.00 bits per heavy atom. The van der Waals surface area contributed by atoms with Crippen molar-refractivity contribution in [3.05, 3.63) is 30.6 Å². The van der Waals surface area contributed by atoms with Gasteiger partial charge in [-0.2, -0.15) is 5.10 Å². The van der Waals surface area contributed by atoms with Crippen LogP contribution in [0.5, 0.6) is 0 Å². The van der Waals surface area contributed by atoms with Gasteiger partial charge in [-0.25, -0.2) is 4.98 Å². The predicted molar refractivity (Wildman–Crippen MR) is 73.9 cm³/mol. The first-order valence-electron chi connectivity index (χ1n) is 6.71. The molecule has 2 heterocycles. The van der Waals surface area contributed by atoms with Crippen molar-refractivity contribution in [1.82, 2.24) is 24.6 Å². The van der Waals surface area contributed by atoms with Gasteiger partial charge >= 0.3 is 0 Å². The third-order valence-corrected chi connectivity index (χ3v) is 3.27. The molecule has 1 aliphatic carbocycles. The fourth-order valence-electron chi connectivity index (χ4n) is 1.94. The number of amides is 1. The molecule has 7 nitrogen and oxygen atoms in total. The fraction of sp³-hybridized carbons (Fsp3) is 0.462. The zero-order chi connectivity index (χ0) is 13.9. The van der Waals surface area contributed by atoms with Gasteiger partial charge in [-0.15, -0.1) is 0 Å². The molecule has 7 heteroatoms. The van der Waals surface area contributed by atoms with Crippen LogP contribution in [-0.2, 0) is 24.9 Å². The third kappa shape index (κ3) is 3.17. The lowest BCUT2D eigenvalue weighted by molar-refractivity contribution is -0.122. The summed E-state index contributed by atoms with van der Waals surface area (Å²) in [5.41, 5.74) is 1.98. The van der Waals surface area contributed by atoms with E-state index in [9.17, 15) is 4.79 Å². The Labute approximate surface area is 117 Å². The average Bonchev–Trinajstić information content (AvgIpc) is 2.95. The number of carbonyl (C=O) groups is 1. The Morgan fingerprint density at radius 2 is 2.30 bits per heavy atom. The second kappa shape index (κ2) is 5.36. The Bertz CT molecular complexity index is 598. The number of imidazole rings is 1. The van der Waals surface area contributed by atoms with Gasteiger partial charge in [-0.1, -0.05) is 0 Å². The number of aryl methyl sites for hydroxylation is 1. The molecule has 106 valence electrons. The van der Waals surface area contributed by atoms with E-state index in [1.165, 1.54) is 0 Å². The summed E-state index contributed by atoms with van der Waals surface area (Å²) in [7, 11) is 1.95. The monoisotopic (exact) mass is 274 g/mol. The van der Waals surface area contributed by atoms with Crippen molar-refractivity contribution in [3.63, 3.8) is 0 Å². The normalized spacial score (nSPS) is 14.2. The number of aromatic nitrogens is 4. The van der Waals surface area contributed by atoms with Crippen molar-refractivity contribution >= 4 is 11.6 Å². The minimum Gasteiger partial charge on any atom is -0.377 e. The van der Waals surface area contributed by atoms with Gasteiger partial charge in [-0.3, -0.25) is 9.48 Å². The first-order valence-corrected chi connectivity index (χ1v) is 6.71. The van der Waals surface area contributed by atoms with Crippen molar-refractivity contribution in [2.45, 2.75) is 32.0 Å². The number of hydrogen-bond donors (Lipinski definition) is 2. The number of rotatable bonds is 6. The highest BCUT2D eigenvalue weighted by molar-refractivity contribution is 5.76. The van der Waals surface area contributed by atoms with Crippen LogP contribution in [-0.4, -0.2) is 31.3 Å². The second-order valence-corrected chi connectivity index (χ2v) is 5.12. The van der Waals surface area contributed by atoms with Crippen molar-refractivity contribution in [2.75, 3.05) is 5.32 Å². The molecule has 1 amide bonds. The predicted octanol–water partition coefficient (Wildman–Crippen LogP) is 0.507. The van der Waals surface area contributed by atoms with E-state index in [2.05, 4.69) is 20.7 Å². The summed E-state index contributed by atoms with van der Waals surface area (Å²) in [5.74, 6) is 0.0220. The SMILES string of the molecule is Cn1cncc1CNc1cnn(CC(=O)NC2CC2)c1. The highest BCUT2D eigenvalue weighted by Gasteiger charge is 2.23. The van der Waals surface area contributed by atoms with E-state index in [-0.39, 0.29) is 12.5 Å². The zero-order valence-corrected chi connectivity index (χ0v) is 11.4. The average molecular weight is 274 g/mol. The van der Waals surface area contributed by atoms with E-state index in [0.717, 1.165) is 24.2 Å². The van der Waals surface area contributed by atoms with E-state index in [1.54, 1.807) is 17.2 Å². The van der Waals surface area contributed by atoms with Crippen LogP contribution in [0.2, 0.25) is 0 Å². The number of anilines is 1. The van der Waals surface area contributed by atoms with Gasteiger partial charge in [-0.05, 0) is 12.8 Å². The molecule has 0 saturated heterocycles. The van der Waals surface area contributed by atoms with Crippen molar-refractivity contribution in [2.24, 2.45) is 7.05 Å². The Kier molecular flexibility index (Phi) is 3.41. The van der Waals surface area contributed by atoms with Gasteiger partial charge in [0.2, 0.25) is 5.91 Å². The van der Waals surface area contributed by atoms with Crippen LogP contribution in [0.4, 0.5) is 5.69 Å². The summed E-state index contributed by atoms with van der Waals surface area (Å²) in [5, 5.41) is 10.4. The molecule has 0 aromatic carbocycles. The highest BCUT2D eigenvalue weighted by atomic mass is 16.2. The molecule has 20 heavy (non-hydrogen) atoms. The molecule has 2 N–H and O–H groups in total. The summed E-state index contributed by atoms with van der Waals surface area (Å²) in [6, 6.07) is 0.389. The lowest BCUT2D eigenvalue weighted by atomic mass is 10.4. The summed E-state index contributed by atoms with van der Waals surface area (Å²) < 4.78 is 3.60. The molecule has 1 saturated carbocycles. The molecular weight excluding hydrogens is 256 g/mol. The fourth-order valence-corrected chi connectivity index (χ4v) is 1.94. The van der Waals surface area contributed by atoms with Crippen LogP contribution in [0, 0.1) is 0 Å². The summed E-state index contributed by atoms with van der Waals surface area (Å²) in [6.45, 7) is 0.945. The van der Waals surface area contributed by atoms with Gasteiger partial charge in [0.15, 0.2) is 0 Å². The smallest absolute Gasteiger partial charge is 0.241 e. The van der Waals surface area contributed by atoms with Gasteiger partial charge in [0.25, 0.3) is 0 Å². The Balaban J connectivity index is 1.51. The number of hydrogen-bond acceptors (Lipinski definition) is 4. The molecule has 0 aliphatic heterocycles. The molecule has 0 bridgehead atoms. The zero-order valence-electron chi connectivity index (χ0n) is 11.4. The van der Waals surface area contributed by atoms with Crippen LogP contribution in [0.15, 0.2) is 24.9 Å². The van der Waals surface area contributed by atoms with Crippen molar-refractivity contribution < 1.29 is 4.79 Å². The standard InChI is InChI=1S/C13H18N6O/c1-18-9-14-5-12(18)6-15-11-4-16-19(7-11)8-13(20)17-10-2-3-10/h4-5,7,9-10,15H,2-3,6,8H2,1H3,(H,17,20). The topological polar surface area (TPSA) is 76.8 Å². The van der Waals surface area contributed by atoms with E-state index >= 15 is 0 Å². The molecule has 2 aromatic rings. The van der Waals surface area contributed by atoms with E-state index in [1.807, 2.05) is 24.0 Å². The van der Waals surface area contributed by atoms with Crippen molar-refractivity contribution in [1.29, 1.82) is 0 Å². The molecule has 2 aromatic heterocycles. The van der Waals surface area contributed by atoms with Crippen LogP contribution in [0.3, 0.4) is 0 Å². The van der Waals surface area contributed by atoms with E-state index in [0.29, 0.717) is 12.6 Å². The summed E-state index contributed by atoms with van der Waals surface area (Å²) in [4.78, 5) is 15.7. The third-order valence-electron chi connectivity index (χ3n) is 3.27. The van der Waals surface area contributed by atoms with Crippen LogP contribution in [0.25, 0.3) is 0 Å². The first kappa shape index (κ1) is 12.7. The number of nitrogens with zero attached hydrogens (tertiary/aromatic N) is 4. The Morgan fingerprint density at radius 1 is 1.45 bits per heavy atom. The van der Waals surface area contributed by atoms with Gasteiger partial charge < -0.3 is 15.2 Å². The lowest BCUT2D eigenvalue weighted by Gasteiger charge is -2.04.